The summed E-state index contributed by atoms with van der Waals surface area (Å²) in [5, 5.41) is 2.39. The first kappa shape index (κ1) is 27.7. The Morgan fingerprint density at radius 1 is 0.467 bits per heavy atom. The van der Waals surface area contributed by atoms with Crippen molar-refractivity contribution < 1.29 is 9.31 Å². The molecular formula is C40H35BN2O2. The van der Waals surface area contributed by atoms with Crippen molar-refractivity contribution in [2.75, 3.05) is 0 Å². The van der Waals surface area contributed by atoms with Gasteiger partial charge in [-0.25, -0.2) is 0 Å². The fraction of sp³-hybridized carbons (Fsp3) is 0.150. The van der Waals surface area contributed by atoms with E-state index in [0.29, 0.717) is 0 Å². The maximum absolute atomic E-state index is 6.55. The number of hydrogen-bond acceptors (Lipinski definition) is 2. The zero-order chi connectivity index (χ0) is 30.8. The number of para-hydroxylation sites is 2. The molecule has 3 heterocycles. The SMILES string of the molecule is CC1(C)OB(c2cc(-c3ccc4c(ccn4-c4ccccc4)c3)cc(-c3ccc4c(ccn4-c4ccccc4)c3)c2)OC1(C)C. The molecule has 0 spiro atoms. The molecule has 5 heteroatoms. The Balaban J connectivity index is 1.24. The summed E-state index contributed by atoms with van der Waals surface area (Å²) in [7, 11) is -0.459. The molecule has 1 saturated heterocycles. The van der Waals surface area contributed by atoms with Crippen molar-refractivity contribution in [3.05, 3.63) is 140 Å². The Kier molecular flexibility index (Phi) is 6.38. The summed E-state index contributed by atoms with van der Waals surface area (Å²) in [5.41, 5.74) is 9.42. The number of nitrogens with zero attached hydrogens (tertiary/aromatic N) is 2. The molecule has 0 saturated carbocycles. The zero-order valence-corrected chi connectivity index (χ0v) is 26.1. The lowest BCUT2D eigenvalue weighted by Gasteiger charge is -2.32. The van der Waals surface area contributed by atoms with Gasteiger partial charge in [0.2, 0.25) is 0 Å². The van der Waals surface area contributed by atoms with Gasteiger partial charge in [-0.2, -0.15) is 0 Å². The minimum atomic E-state index is -0.459. The van der Waals surface area contributed by atoms with E-state index in [4.69, 9.17) is 9.31 Å². The highest BCUT2D eigenvalue weighted by Crippen LogP contribution is 2.38. The number of fused-ring (bicyclic) bond motifs is 2. The van der Waals surface area contributed by atoms with E-state index in [1.807, 2.05) is 0 Å². The lowest BCUT2D eigenvalue weighted by atomic mass is 9.76. The third kappa shape index (κ3) is 4.80. The zero-order valence-electron chi connectivity index (χ0n) is 26.1. The van der Waals surface area contributed by atoms with Crippen molar-refractivity contribution in [3.63, 3.8) is 0 Å². The first-order valence-electron chi connectivity index (χ1n) is 15.6. The van der Waals surface area contributed by atoms with E-state index in [-0.39, 0.29) is 0 Å². The van der Waals surface area contributed by atoms with Crippen LogP contribution in [0.5, 0.6) is 0 Å². The van der Waals surface area contributed by atoms with Crippen LogP contribution in [0.15, 0.2) is 140 Å². The van der Waals surface area contributed by atoms with Crippen molar-refractivity contribution in [2.24, 2.45) is 0 Å². The van der Waals surface area contributed by atoms with E-state index in [9.17, 15) is 0 Å². The second-order valence-electron chi connectivity index (χ2n) is 13.0. The molecule has 8 rings (SSSR count). The fourth-order valence-electron chi connectivity index (χ4n) is 6.37. The predicted molar refractivity (Wildman–Crippen MR) is 187 cm³/mol. The smallest absolute Gasteiger partial charge is 0.399 e. The molecule has 1 fully saturated rings. The van der Waals surface area contributed by atoms with E-state index in [0.717, 1.165) is 39.1 Å². The van der Waals surface area contributed by atoms with E-state index in [1.165, 1.54) is 21.8 Å². The van der Waals surface area contributed by atoms with E-state index in [2.05, 4.69) is 177 Å². The van der Waals surface area contributed by atoms with Gasteiger partial charge in [0, 0.05) is 34.5 Å². The highest BCUT2D eigenvalue weighted by Gasteiger charge is 2.51. The molecule has 0 amide bonds. The molecule has 1 aliphatic heterocycles. The number of benzene rings is 5. The largest absolute Gasteiger partial charge is 0.494 e. The highest BCUT2D eigenvalue weighted by molar-refractivity contribution is 6.62. The fourth-order valence-corrected chi connectivity index (χ4v) is 6.37. The summed E-state index contributed by atoms with van der Waals surface area (Å²) in [6.07, 6.45) is 4.29. The molecule has 7 aromatic rings. The maximum atomic E-state index is 6.55. The lowest BCUT2D eigenvalue weighted by molar-refractivity contribution is 0.00578. The molecule has 45 heavy (non-hydrogen) atoms. The lowest BCUT2D eigenvalue weighted by Crippen LogP contribution is -2.41. The maximum Gasteiger partial charge on any atom is 0.494 e. The van der Waals surface area contributed by atoms with Crippen LogP contribution in [0.4, 0.5) is 0 Å². The van der Waals surface area contributed by atoms with E-state index in [1.54, 1.807) is 0 Å². The Morgan fingerprint density at radius 2 is 0.911 bits per heavy atom. The van der Waals surface area contributed by atoms with Gasteiger partial charge in [-0.15, -0.1) is 0 Å². The van der Waals surface area contributed by atoms with Gasteiger partial charge in [-0.05, 0) is 122 Å². The van der Waals surface area contributed by atoms with Gasteiger partial charge in [0.05, 0.1) is 22.2 Å². The van der Waals surface area contributed by atoms with Crippen molar-refractivity contribution in [1.29, 1.82) is 0 Å². The molecule has 0 unspecified atom stereocenters. The van der Waals surface area contributed by atoms with Crippen LogP contribution in [-0.2, 0) is 9.31 Å². The molecule has 0 aliphatic carbocycles. The molecule has 0 N–H and O–H groups in total. The van der Waals surface area contributed by atoms with Crippen LogP contribution in [0.25, 0.3) is 55.4 Å². The molecule has 0 bridgehead atoms. The second-order valence-corrected chi connectivity index (χ2v) is 13.0. The Labute approximate surface area is 264 Å². The first-order valence-corrected chi connectivity index (χ1v) is 15.6. The molecular weight excluding hydrogens is 551 g/mol. The topological polar surface area (TPSA) is 28.3 Å². The highest BCUT2D eigenvalue weighted by atomic mass is 16.7. The van der Waals surface area contributed by atoms with Crippen LogP contribution in [0.1, 0.15) is 27.7 Å². The van der Waals surface area contributed by atoms with Crippen LogP contribution in [0.3, 0.4) is 0 Å². The second kappa shape index (κ2) is 10.4. The van der Waals surface area contributed by atoms with Crippen LogP contribution >= 0.6 is 0 Å². The normalized spacial score (nSPS) is 15.7. The number of hydrogen-bond donors (Lipinski definition) is 0. The monoisotopic (exact) mass is 586 g/mol. The van der Waals surface area contributed by atoms with Gasteiger partial charge >= 0.3 is 7.12 Å². The average Bonchev–Trinajstić information content (AvgIpc) is 3.74. The van der Waals surface area contributed by atoms with Gasteiger partial charge in [0.1, 0.15) is 0 Å². The van der Waals surface area contributed by atoms with E-state index >= 15 is 0 Å². The van der Waals surface area contributed by atoms with Crippen molar-refractivity contribution in [2.45, 2.75) is 38.9 Å². The molecule has 1 aliphatic rings. The van der Waals surface area contributed by atoms with Gasteiger partial charge in [-0.3, -0.25) is 0 Å². The standard InChI is InChI=1S/C40H35BN2O2/c1-39(2)40(3,4)45-41(44-39)34-26-32(28-15-17-37-30(23-28)19-21-42(37)35-11-7-5-8-12-35)25-33(27-34)29-16-18-38-31(24-29)20-22-43(38)36-13-9-6-10-14-36/h5-27H,1-4H3. The van der Waals surface area contributed by atoms with Gasteiger partial charge in [0.25, 0.3) is 0 Å². The number of rotatable bonds is 5. The first-order chi connectivity index (χ1) is 21.8. The van der Waals surface area contributed by atoms with Gasteiger partial charge in [0.15, 0.2) is 0 Å². The summed E-state index contributed by atoms with van der Waals surface area (Å²) in [5.74, 6) is 0. The predicted octanol–water partition coefficient (Wildman–Crippen LogP) is 9.21. The van der Waals surface area contributed by atoms with Gasteiger partial charge in [-0.1, -0.05) is 60.7 Å². The average molecular weight is 587 g/mol. The molecule has 0 atom stereocenters. The molecule has 5 aromatic carbocycles. The van der Waals surface area contributed by atoms with Crippen LogP contribution < -0.4 is 5.46 Å². The van der Waals surface area contributed by atoms with Gasteiger partial charge < -0.3 is 18.4 Å². The summed E-state index contributed by atoms with van der Waals surface area (Å²) in [6.45, 7) is 8.42. The molecule has 0 radical (unpaired) electrons. The Morgan fingerprint density at radius 3 is 1.36 bits per heavy atom. The van der Waals surface area contributed by atoms with Crippen LogP contribution in [0.2, 0.25) is 0 Å². The van der Waals surface area contributed by atoms with Crippen molar-refractivity contribution in [3.8, 4) is 33.6 Å². The van der Waals surface area contributed by atoms with Crippen molar-refractivity contribution >= 4 is 34.4 Å². The Bertz CT molecular complexity index is 2030. The van der Waals surface area contributed by atoms with Crippen LogP contribution in [-0.4, -0.2) is 27.5 Å². The molecule has 220 valence electrons. The summed E-state index contributed by atoms with van der Waals surface area (Å²) in [6, 6.07) is 45.5. The van der Waals surface area contributed by atoms with Crippen molar-refractivity contribution in [1.82, 2.24) is 9.13 Å². The molecule has 2 aromatic heterocycles. The quantitative estimate of drug-likeness (QED) is 0.188. The molecule has 4 nitrogen and oxygen atoms in total. The minimum Gasteiger partial charge on any atom is -0.399 e. The Hall–Kier alpha value is -4.84. The summed E-state index contributed by atoms with van der Waals surface area (Å²) in [4.78, 5) is 0. The third-order valence-electron chi connectivity index (χ3n) is 9.60. The number of aromatic nitrogens is 2. The summed E-state index contributed by atoms with van der Waals surface area (Å²) < 4.78 is 17.6. The van der Waals surface area contributed by atoms with Crippen LogP contribution in [0, 0.1) is 0 Å². The third-order valence-corrected chi connectivity index (χ3v) is 9.60. The minimum absolute atomic E-state index is 0.424. The summed E-state index contributed by atoms with van der Waals surface area (Å²) >= 11 is 0. The van der Waals surface area contributed by atoms with E-state index < -0.39 is 18.3 Å².